The number of ketones is 1. The number of aliphatic hydroxyl groups is 1. The van der Waals surface area contributed by atoms with Crippen LogP contribution in [0.15, 0.2) is 72.8 Å². The molecule has 1 unspecified atom stereocenters. The maximum atomic E-state index is 13.1. The van der Waals surface area contributed by atoms with E-state index >= 15 is 0 Å². The van der Waals surface area contributed by atoms with E-state index in [1.807, 2.05) is 32.0 Å². The van der Waals surface area contributed by atoms with Gasteiger partial charge in [0.15, 0.2) is 0 Å². The van der Waals surface area contributed by atoms with Gasteiger partial charge in [-0.25, -0.2) is 4.79 Å². The molecule has 240 valence electrons. The van der Waals surface area contributed by atoms with Crippen LogP contribution in [-0.4, -0.2) is 47.4 Å². The number of amides is 3. The second-order valence-electron chi connectivity index (χ2n) is 10.7. The summed E-state index contributed by atoms with van der Waals surface area (Å²) in [5, 5.41) is 18.9. The third-order valence-electron chi connectivity index (χ3n) is 6.62. The predicted octanol–water partition coefficient (Wildman–Crippen LogP) is 5.74. The molecule has 3 atom stereocenters. The second kappa shape index (κ2) is 17.4. The largest absolute Gasteiger partial charge is 0.457 e. The van der Waals surface area contributed by atoms with E-state index in [1.54, 1.807) is 61.5 Å². The van der Waals surface area contributed by atoms with Crippen LogP contribution in [0.3, 0.4) is 0 Å². The van der Waals surface area contributed by atoms with Crippen molar-refractivity contribution < 1.29 is 33.8 Å². The van der Waals surface area contributed by atoms with Crippen molar-refractivity contribution in [2.45, 2.75) is 58.4 Å². The number of Topliss-reactive ketones (excluding diaryl/α,β-unsaturated/α-hetero) is 1. The number of ether oxygens (including phenoxy) is 2. The highest BCUT2D eigenvalue weighted by Crippen LogP contribution is 2.30. The van der Waals surface area contributed by atoms with Crippen molar-refractivity contribution in [1.29, 1.82) is 0 Å². The van der Waals surface area contributed by atoms with E-state index in [0.717, 1.165) is 5.56 Å². The van der Waals surface area contributed by atoms with Crippen molar-refractivity contribution >= 4 is 46.9 Å². The van der Waals surface area contributed by atoms with Gasteiger partial charge in [-0.15, -0.1) is 0 Å². The molecule has 0 bridgehead atoms. The van der Waals surface area contributed by atoms with Gasteiger partial charge in [-0.3, -0.25) is 14.4 Å². The molecule has 45 heavy (non-hydrogen) atoms. The molecular weight excluding hydrogens is 621 g/mol. The van der Waals surface area contributed by atoms with E-state index < -0.39 is 41.9 Å². The quantitative estimate of drug-likeness (QED) is 0.153. The number of halogens is 2. The average molecular weight is 659 g/mol. The minimum atomic E-state index is -1.16. The Bertz CT molecular complexity index is 1470. The zero-order valence-corrected chi connectivity index (χ0v) is 26.7. The van der Waals surface area contributed by atoms with Crippen molar-refractivity contribution in [2.75, 3.05) is 6.54 Å². The van der Waals surface area contributed by atoms with Gasteiger partial charge in [-0.05, 0) is 54.2 Å². The zero-order chi connectivity index (χ0) is 32.9. The number of alkyl carbamates (subject to hydrolysis) is 1. The summed E-state index contributed by atoms with van der Waals surface area (Å²) >= 11 is 12.0. The van der Waals surface area contributed by atoms with E-state index in [0.29, 0.717) is 27.1 Å². The Morgan fingerprint density at radius 3 is 2.22 bits per heavy atom. The molecule has 0 saturated heterocycles. The Kier molecular flexibility index (Phi) is 13.7. The maximum absolute atomic E-state index is 13.1. The van der Waals surface area contributed by atoms with Crippen LogP contribution in [0.25, 0.3) is 0 Å². The molecule has 12 heteroatoms. The average Bonchev–Trinajstić information content (AvgIpc) is 3.02. The minimum absolute atomic E-state index is 0.0271. The summed E-state index contributed by atoms with van der Waals surface area (Å²) in [5.41, 5.74) is 1.22. The fourth-order valence-corrected chi connectivity index (χ4v) is 4.54. The monoisotopic (exact) mass is 657 g/mol. The molecule has 0 aliphatic heterocycles. The van der Waals surface area contributed by atoms with E-state index in [9.17, 15) is 24.3 Å². The van der Waals surface area contributed by atoms with Crippen LogP contribution in [0.4, 0.5) is 4.79 Å². The first-order valence-electron chi connectivity index (χ1n) is 14.5. The lowest BCUT2D eigenvalue weighted by molar-refractivity contribution is -0.140. The standard InChI is InChI=1S/C33H37Cl2N3O7/c1-4-27(37-31(41)28(15-20(2)3)38-33(43)44-19-21-9-6-5-7-10-21)30(40)32(42)36-18-29(39)22-11-8-12-23(16-22)45-24-13-14-25(34)26(35)17-24/h5-14,16-17,20,27-29,39H,4,15,18-19H2,1-3H3,(H,36,42)(H,37,41)(H,38,43)/t27-,28-,29?/m0/s1. The van der Waals surface area contributed by atoms with Crippen molar-refractivity contribution in [3.8, 4) is 11.5 Å². The van der Waals surface area contributed by atoms with Crippen LogP contribution in [0.5, 0.6) is 11.5 Å². The molecule has 3 aromatic rings. The van der Waals surface area contributed by atoms with Gasteiger partial charge in [0.1, 0.15) is 24.1 Å². The number of carbonyl (C=O) groups is 4. The number of benzene rings is 3. The molecule has 0 heterocycles. The summed E-state index contributed by atoms with van der Waals surface area (Å²) in [6.07, 6.45) is -1.53. The van der Waals surface area contributed by atoms with E-state index in [2.05, 4.69) is 16.0 Å². The molecule has 0 aliphatic rings. The van der Waals surface area contributed by atoms with Gasteiger partial charge in [-0.1, -0.05) is 86.4 Å². The first kappa shape index (κ1) is 35.4. The number of hydrogen-bond donors (Lipinski definition) is 4. The van der Waals surface area contributed by atoms with Gasteiger partial charge in [0.2, 0.25) is 11.7 Å². The predicted molar refractivity (Wildman–Crippen MR) is 171 cm³/mol. The van der Waals surface area contributed by atoms with Crippen LogP contribution in [0.1, 0.15) is 50.8 Å². The van der Waals surface area contributed by atoms with Gasteiger partial charge in [0.25, 0.3) is 5.91 Å². The van der Waals surface area contributed by atoms with E-state index in [-0.39, 0.29) is 31.9 Å². The van der Waals surface area contributed by atoms with Gasteiger partial charge in [-0.2, -0.15) is 0 Å². The zero-order valence-electron chi connectivity index (χ0n) is 25.2. The van der Waals surface area contributed by atoms with Gasteiger partial charge in [0.05, 0.1) is 22.2 Å². The lowest BCUT2D eigenvalue weighted by Gasteiger charge is -2.23. The number of carbonyl (C=O) groups excluding carboxylic acids is 4. The Labute approximate surface area is 272 Å². The highest BCUT2D eigenvalue weighted by Gasteiger charge is 2.30. The summed E-state index contributed by atoms with van der Waals surface area (Å²) in [7, 11) is 0. The molecule has 10 nitrogen and oxygen atoms in total. The van der Waals surface area contributed by atoms with Crippen molar-refractivity contribution in [3.05, 3.63) is 94.0 Å². The fourth-order valence-electron chi connectivity index (χ4n) is 4.25. The number of rotatable bonds is 15. The molecule has 3 aromatic carbocycles. The molecular formula is C33H37Cl2N3O7. The van der Waals surface area contributed by atoms with Crippen LogP contribution in [-0.2, 0) is 25.7 Å². The normalized spacial score (nSPS) is 12.9. The first-order chi connectivity index (χ1) is 21.5. The highest BCUT2D eigenvalue weighted by molar-refractivity contribution is 6.42. The maximum Gasteiger partial charge on any atom is 0.408 e. The van der Waals surface area contributed by atoms with Crippen LogP contribution >= 0.6 is 23.2 Å². The Morgan fingerprint density at radius 1 is 0.844 bits per heavy atom. The third kappa shape index (κ3) is 11.4. The van der Waals surface area contributed by atoms with E-state index in [4.69, 9.17) is 32.7 Å². The Morgan fingerprint density at radius 2 is 1.56 bits per heavy atom. The molecule has 0 aromatic heterocycles. The minimum Gasteiger partial charge on any atom is -0.457 e. The molecule has 3 amide bonds. The highest BCUT2D eigenvalue weighted by atomic mass is 35.5. The summed E-state index contributed by atoms with van der Waals surface area (Å²) < 4.78 is 11.0. The molecule has 0 radical (unpaired) electrons. The smallest absolute Gasteiger partial charge is 0.408 e. The lowest BCUT2D eigenvalue weighted by Crippen LogP contribution is -2.54. The Balaban J connectivity index is 1.54. The van der Waals surface area contributed by atoms with Gasteiger partial charge in [0, 0.05) is 12.6 Å². The van der Waals surface area contributed by atoms with Crippen molar-refractivity contribution in [2.24, 2.45) is 5.92 Å². The number of aliphatic hydroxyl groups excluding tert-OH is 1. The second-order valence-corrected chi connectivity index (χ2v) is 11.5. The summed E-state index contributed by atoms with van der Waals surface area (Å²) in [6.45, 7) is 5.17. The SMILES string of the molecule is CC[C@H](NC(=O)[C@H](CC(C)C)NC(=O)OCc1ccccc1)C(=O)C(=O)NCC(O)c1cccc(Oc2ccc(Cl)c(Cl)c2)c1. The van der Waals surface area contributed by atoms with Crippen molar-refractivity contribution in [1.82, 2.24) is 16.0 Å². The van der Waals surface area contributed by atoms with Gasteiger partial charge < -0.3 is 30.5 Å². The van der Waals surface area contributed by atoms with E-state index in [1.165, 1.54) is 0 Å². The molecule has 0 spiro atoms. The molecule has 0 fully saturated rings. The summed E-state index contributed by atoms with van der Waals surface area (Å²) in [6, 6.07) is 18.3. The number of nitrogens with one attached hydrogen (secondary N) is 3. The molecule has 0 saturated carbocycles. The van der Waals surface area contributed by atoms with Crippen LogP contribution in [0, 0.1) is 5.92 Å². The lowest BCUT2D eigenvalue weighted by atomic mass is 10.0. The first-order valence-corrected chi connectivity index (χ1v) is 15.2. The Hall–Kier alpha value is -4.12. The molecule has 0 aliphatic carbocycles. The van der Waals surface area contributed by atoms with Crippen molar-refractivity contribution in [3.63, 3.8) is 0 Å². The third-order valence-corrected chi connectivity index (χ3v) is 7.36. The van der Waals surface area contributed by atoms with Crippen LogP contribution < -0.4 is 20.7 Å². The number of hydrogen-bond acceptors (Lipinski definition) is 7. The molecule has 3 rings (SSSR count). The van der Waals surface area contributed by atoms with Crippen LogP contribution in [0.2, 0.25) is 10.0 Å². The fraction of sp³-hybridized carbons (Fsp3) is 0.333. The topological polar surface area (TPSA) is 143 Å². The van der Waals surface area contributed by atoms with Gasteiger partial charge >= 0.3 is 6.09 Å². The summed E-state index contributed by atoms with van der Waals surface area (Å²) in [5.74, 6) is -1.59. The summed E-state index contributed by atoms with van der Waals surface area (Å²) in [4.78, 5) is 51.2. The molecule has 4 N–H and O–H groups in total.